The molecule has 0 saturated carbocycles. The van der Waals surface area contributed by atoms with Gasteiger partial charge in [-0.1, -0.05) is 15.9 Å². The summed E-state index contributed by atoms with van der Waals surface area (Å²) in [5.74, 6) is 3.65. The SMILES string of the molecule is O=C(C1CCSC1)N1CCCC(CBr)C1. The van der Waals surface area contributed by atoms with Gasteiger partial charge < -0.3 is 4.90 Å². The molecule has 2 atom stereocenters. The van der Waals surface area contributed by atoms with E-state index < -0.39 is 0 Å². The fourth-order valence-electron chi connectivity index (χ4n) is 2.38. The molecule has 0 spiro atoms. The van der Waals surface area contributed by atoms with Gasteiger partial charge in [0.2, 0.25) is 5.91 Å². The molecule has 86 valence electrons. The second kappa shape index (κ2) is 5.58. The van der Waals surface area contributed by atoms with Gasteiger partial charge in [-0.3, -0.25) is 4.79 Å². The Morgan fingerprint density at radius 3 is 3.00 bits per heavy atom. The van der Waals surface area contributed by atoms with Crippen LogP contribution in [0.4, 0.5) is 0 Å². The van der Waals surface area contributed by atoms with Crippen molar-refractivity contribution in [2.75, 3.05) is 29.9 Å². The minimum absolute atomic E-state index is 0.323. The van der Waals surface area contributed by atoms with Crippen LogP contribution < -0.4 is 0 Å². The van der Waals surface area contributed by atoms with Crippen molar-refractivity contribution in [2.24, 2.45) is 11.8 Å². The van der Waals surface area contributed by atoms with Crippen molar-refractivity contribution in [2.45, 2.75) is 19.3 Å². The first-order valence-corrected chi connectivity index (χ1v) is 8.01. The Morgan fingerprint density at radius 2 is 2.33 bits per heavy atom. The number of halogens is 1. The first-order valence-electron chi connectivity index (χ1n) is 5.73. The average molecular weight is 292 g/mol. The van der Waals surface area contributed by atoms with Gasteiger partial charge in [0.1, 0.15) is 0 Å². The summed E-state index contributed by atoms with van der Waals surface area (Å²) < 4.78 is 0. The van der Waals surface area contributed by atoms with Gasteiger partial charge in [0.15, 0.2) is 0 Å². The summed E-state index contributed by atoms with van der Waals surface area (Å²) >= 11 is 5.45. The molecule has 0 bridgehead atoms. The molecule has 2 aliphatic heterocycles. The summed E-state index contributed by atoms with van der Waals surface area (Å²) in [7, 11) is 0. The molecule has 2 saturated heterocycles. The number of hydrogen-bond acceptors (Lipinski definition) is 2. The zero-order valence-electron chi connectivity index (χ0n) is 8.95. The highest BCUT2D eigenvalue weighted by atomic mass is 79.9. The molecule has 15 heavy (non-hydrogen) atoms. The molecule has 0 radical (unpaired) electrons. The number of alkyl halides is 1. The third-order valence-corrected chi connectivity index (χ3v) is 5.41. The lowest BCUT2D eigenvalue weighted by Crippen LogP contribution is -2.43. The van der Waals surface area contributed by atoms with Crippen LogP contribution in [0.3, 0.4) is 0 Å². The van der Waals surface area contributed by atoms with E-state index in [4.69, 9.17) is 0 Å². The second-order valence-corrected chi connectivity index (χ2v) is 6.30. The summed E-state index contributed by atoms with van der Waals surface area (Å²) in [6.07, 6.45) is 3.55. The number of carbonyl (C=O) groups excluding carboxylic acids is 1. The van der Waals surface area contributed by atoms with Crippen molar-refractivity contribution in [1.82, 2.24) is 4.90 Å². The first-order chi connectivity index (χ1) is 7.31. The Morgan fingerprint density at radius 1 is 1.47 bits per heavy atom. The monoisotopic (exact) mass is 291 g/mol. The maximum absolute atomic E-state index is 12.2. The molecule has 0 aromatic heterocycles. The van der Waals surface area contributed by atoms with Crippen LogP contribution in [0.25, 0.3) is 0 Å². The maximum atomic E-state index is 12.2. The predicted octanol–water partition coefficient (Wildman–Crippen LogP) is 2.37. The minimum Gasteiger partial charge on any atom is -0.342 e. The first kappa shape index (κ1) is 11.8. The third kappa shape index (κ3) is 2.90. The summed E-state index contributed by atoms with van der Waals surface area (Å²) in [6.45, 7) is 1.97. The van der Waals surface area contributed by atoms with Crippen molar-refractivity contribution in [3.05, 3.63) is 0 Å². The van der Waals surface area contributed by atoms with Crippen LogP contribution in [0.5, 0.6) is 0 Å². The van der Waals surface area contributed by atoms with Gasteiger partial charge in [-0.25, -0.2) is 0 Å². The number of piperidine rings is 1. The molecular weight excluding hydrogens is 274 g/mol. The van der Waals surface area contributed by atoms with Crippen molar-refractivity contribution >= 4 is 33.6 Å². The Bertz CT molecular complexity index is 231. The summed E-state index contributed by atoms with van der Waals surface area (Å²) in [5.41, 5.74) is 0. The molecule has 0 aromatic carbocycles. The molecule has 1 amide bonds. The number of hydrogen-bond donors (Lipinski definition) is 0. The lowest BCUT2D eigenvalue weighted by Gasteiger charge is -2.33. The summed E-state index contributed by atoms with van der Waals surface area (Å²) in [4.78, 5) is 14.3. The van der Waals surface area contributed by atoms with Gasteiger partial charge in [-0.05, 0) is 30.9 Å². The van der Waals surface area contributed by atoms with E-state index in [0.717, 1.165) is 30.6 Å². The van der Waals surface area contributed by atoms with Crippen LogP contribution in [-0.2, 0) is 4.79 Å². The van der Waals surface area contributed by atoms with Gasteiger partial charge in [-0.2, -0.15) is 11.8 Å². The molecule has 2 heterocycles. The molecule has 0 aromatic rings. The predicted molar refractivity (Wildman–Crippen MR) is 68.5 cm³/mol. The summed E-state index contributed by atoms with van der Waals surface area (Å²) in [5, 5.41) is 1.04. The molecule has 0 N–H and O–H groups in total. The van der Waals surface area contributed by atoms with E-state index in [1.54, 1.807) is 0 Å². The lowest BCUT2D eigenvalue weighted by molar-refractivity contribution is -0.136. The van der Waals surface area contributed by atoms with Crippen LogP contribution in [0.1, 0.15) is 19.3 Å². The zero-order chi connectivity index (χ0) is 10.7. The van der Waals surface area contributed by atoms with E-state index in [-0.39, 0.29) is 0 Å². The topological polar surface area (TPSA) is 20.3 Å². The average Bonchev–Trinajstić information content (AvgIpc) is 2.81. The number of thioether (sulfide) groups is 1. The van der Waals surface area contributed by atoms with Crippen LogP contribution >= 0.6 is 27.7 Å². The zero-order valence-corrected chi connectivity index (χ0v) is 11.4. The highest BCUT2D eigenvalue weighted by Gasteiger charge is 2.30. The molecular formula is C11H18BrNOS. The number of amides is 1. The minimum atomic E-state index is 0.323. The molecule has 2 unspecified atom stereocenters. The van der Waals surface area contributed by atoms with Gasteiger partial charge in [0.05, 0.1) is 0 Å². The molecule has 4 heteroatoms. The number of carbonyl (C=O) groups is 1. The fraction of sp³-hybridized carbons (Fsp3) is 0.909. The van der Waals surface area contributed by atoms with Crippen LogP contribution in [0.2, 0.25) is 0 Å². The van der Waals surface area contributed by atoms with E-state index in [1.165, 1.54) is 18.6 Å². The van der Waals surface area contributed by atoms with Crippen LogP contribution in [0, 0.1) is 11.8 Å². The molecule has 2 fully saturated rings. The Balaban J connectivity index is 1.88. The standard InChI is InChI=1S/C11H18BrNOS/c12-6-9-2-1-4-13(7-9)11(14)10-3-5-15-8-10/h9-10H,1-8H2. The van der Waals surface area contributed by atoms with E-state index in [9.17, 15) is 4.79 Å². The highest BCUT2D eigenvalue weighted by molar-refractivity contribution is 9.09. The fourth-order valence-corrected chi connectivity index (χ4v) is 4.12. The lowest BCUT2D eigenvalue weighted by atomic mass is 9.98. The normalized spacial score (nSPS) is 31.9. The number of nitrogens with zero attached hydrogens (tertiary/aromatic N) is 1. The summed E-state index contributed by atoms with van der Waals surface area (Å²) in [6, 6.07) is 0. The molecule has 2 aliphatic rings. The number of rotatable bonds is 2. The van der Waals surface area contributed by atoms with E-state index >= 15 is 0 Å². The Labute approximate surface area is 104 Å². The molecule has 2 nitrogen and oxygen atoms in total. The van der Waals surface area contributed by atoms with E-state index in [1.807, 2.05) is 11.8 Å². The Hall–Kier alpha value is 0.300. The van der Waals surface area contributed by atoms with Gasteiger partial charge in [0.25, 0.3) is 0 Å². The van der Waals surface area contributed by atoms with Crippen molar-refractivity contribution in [3.63, 3.8) is 0 Å². The highest BCUT2D eigenvalue weighted by Crippen LogP contribution is 2.27. The third-order valence-electron chi connectivity index (χ3n) is 3.33. The smallest absolute Gasteiger partial charge is 0.226 e. The molecule has 0 aliphatic carbocycles. The van der Waals surface area contributed by atoms with Crippen LogP contribution in [-0.4, -0.2) is 40.7 Å². The van der Waals surface area contributed by atoms with E-state index in [0.29, 0.717) is 17.7 Å². The van der Waals surface area contributed by atoms with Gasteiger partial charge in [-0.15, -0.1) is 0 Å². The van der Waals surface area contributed by atoms with Gasteiger partial charge in [0, 0.05) is 30.1 Å². The number of likely N-dealkylation sites (tertiary alicyclic amines) is 1. The Kier molecular flexibility index (Phi) is 4.38. The molecule has 2 rings (SSSR count). The van der Waals surface area contributed by atoms with Crippen molar-refractivity contribution < 1.29 is 4.79 Å². The van der Waals surface area contributed by atoms with Crippen molar-refractivity contribution in [1.29, 1.82) is 0 Å². The van der Waals surface area contributed by atoms with Crippen LogP contribution in [0.15, 0.2) is 0 Å². The van der Waals surface area contributed by atoms with Crippen molar-refractivity contribution in [3.8, 4) is 0 Å². The van der Waals surface area contributed by atoms with Gasteiger partial charge >= 0.3 is 0 Å². The maximum Gasteiger partial charge on any atom is 0.226 e. The quantitative estimate of drug-likeness (QED) is 0.728. The van der Waals surface area contributed by atoms with E-state index in [2.05, 4.69) is 20.8 Å². The largest absolute Gasteiger partial charge is 0.342 e. The second-order valence-electron chi connectivity index (χ2n) is 4.51.